The maximum absolute atomic E-state index is 12.4. The topological polar surface area (TPSA) is 52.7 Å². The molecule has 24 heavy (non-hydrogen) atoms. The molecule has 0 unspecified atom stereocenters. The van der Waals surface area contributed by atoms with Gasteiger partial charge in [0.15, 0.2) is 0 Å². The van der Waals surface area contributed by atoms with Gasteiger partial charge in [-0.3, -0.25) is 4.79 Å². The molecule has 3 heterocycles. The van der Waals surface area contributed by atoms with Crippen LogP contribution in [0.4, 0.5) is 4.79 Å². The molecule has 0 saturated carbocycles. The maximum Gasteiger partial charge on any atom is 0.318 e. The van der Waals surface area contributed by atoms with Gasteiger partial charge in [0.1, 0.15) is 0 Å². The van der Waals surface area contributed by atoms with Crippen LogP contribution in [0.5, 0.6) is 0 Å². The zero-order chi connectivity index (χ0) is 16.9. The summed E-state index contributed by atoms with van der Waals surface area (Å²) in [5.41, 5.74) is 1.24. The number of hydrogen-bond acceptors (Lipinski definition) is 4. The molecule has 0 saturated heterocycles. The number of nitrogens with one attached hydrogen (secondary N) is 1. The van der Waals surface area contributed by atoms with Crippen LogP contribution in [0.25, 0.3) is 0 Å². The molecule has 0 radical (unpaired) electrons. The molecule has 5 nitrogen and oxygen atoms in total. The highest BCUT2D eigenvalue weighted by atomic mass is 32.1. The quantitative estimate of drug-likeness (QED) is 0.888. The van der Waals surface area contributed by atoms with Gasteiger partial charge in [-0.1, -0.05) is 6.07 Å². The number of amides is 3. The third-order valence-electron chi connectivity index (χ3n) is 4.15. The number of nitrogens with zero attached hydrogens (tertiary/aromatic N) is 2. The molecular formula is C17H21N3O2S2. The van der Waals surface area contributed by atoms with Crippen LogP contribution in [0, 0.1) is 0 Å². The van der Waals surface area contributed by atoms with Crippen LogP contribution in [0.2, 0.25) is 0 Å². The highest BCUT2D eigenvalue weighted by Crippen LogP contribution is 2.23. The standard InChI is InChI=1S/C17H21N3O2S2/c1-2-19(12-14-4-3-8-23-14)17(22)18-10-16(21)20-7-5-15-13(11-20)6-9-24-15/h3-4,6,8-9H,2,5,7,10-12H2,1H3,(H,18,22). The number of carbonyl (C=O) groups is 2. The third kappa shape index (κ3) is 3.96. The summed E-state index contributed by atoms with van der Waals surface area (Å²) in [6.45, 7) is 4.57. The first-order valence-corrected chi connectivity index (χ1v) is 9.81. The molecule has 0 spiro atoms. The largest absolute Gasteiger partial charge is 0.336 e. The average Bonchev–Trinajstić information content (AvgIpc) is 3.27. The lowest BCUT2D eigenvalue weighted by Crippen LogP contribution is -2.46. The van der Waals surface area contributed by atoms with Crippen molar-refractivity contribution in [1.29, 1.82) is 0 Å². The molecular weight excluding hydrogens is 342 g/mol. The average molecular weight is 364 g/mol. The summed E-state index contributed by atoms with van der Waals surface area (Å²) in [5.74, 6) is -0.0209. The van der Waals surface area contributed by atoms with E-state index in [-0.39, 0.29) is 18.5 Å². The lowest BCUT2D eigenvalue weighted by atomic mass is 10.1. The van der Waals surface area contributed by atoms with Gasteiger partial charge in [0.25, 0.3) is 0 Å². The summed E-state index contributed by atoms with van der Waals surface area (Å²) in [6.07, 6.45) is 0.909. The molecule has 0 fully saturated rings. The van der Waals surface area contributed by atoms with Crippen molar-refractivity contribution in [2.45, 2.75) is 26.4 Å². The molecule has 1 aliphatic heterocycles. The van der Waals surface area contributed by atoms with E-state index < -0.39 is 0 Å². The summed E-state index contributed by atoms with van der Waals surface area (Å²) in [7, 11) is 0. The SMILES string of the molecule is CCN(Cc1cccs1)C(=O)NCC(=O)N1CCc2sccc2C1. The summed E-state index contributed by atoms with van der Waals surface area (Å²) in [6, 6.07) is 5.88. The maximum atomic E-state index is 12.4. The summed E-state index contributed by atoms with van der Waals surface area (Å²) in [4.78, 5) is 30.7. The van der Waals surface area contributed by atoms with Gasteiger partial charge in [-0.05, 0) is 41.8 Å². The number of rotatable bonds is 5. The van der Waals surface area contributed by atoms with E-state index in [0.29, 0.717) is 19.6 Å². The number of carbonyl (C=O) groups excluding carboxylic acids is 2. The Kier molecular flexibility index (Phi) is 5.52. The second-order valence-corrected chi connectivity index (χ2v) is 7.72. The van der Waals surface area contributed by atoms with Crippen molar-refractivity contribution in [1.82, 2.24) is 15.1 Å². The molecule has 1 aliphatic rings. The molecule has 3 rings (SSSR count). The zero-order valence-electron chi connectivity index (χ0n) is 13.7. The lowest BCUT2D eigenvalue weighted by Gasteiger charge is -2.28. The summed E-state index contributed by atoms with van der Waals surface area (Å²) in [5, 5.41) is 6.84. The minimum atomic E-state index is -0.188. The van der Waals surface area contributed by atoms with Crippen LogP contribution in [0.1, 0.15) is 22.2 Å². The van der Waals surface area contributed by atoms with Crippen molar-refractivity contribution in [3.63, 3.8) is 0 Å². The highest BCUT2D eigenvalue weighted by Gasteiger charge is 2.22. The van der Waals surface area contributed by atoms with Crippen LogP contribution in [-0.2, 0) is 24.3 Å². The van der Waals surface area contributed by atoms with Gasteiger partial charge in [-0.2, -0.15) is 0 Å². The van der Waals surface area contributed by atoms with Gasteiger partial charge in [0.2, 0.25) is 5.91 Å². The van der Waals surface area contributed by atoms with Gasteiger partial charge >= 0.3 is 6.03 Å². The van der Waals surface area contributed by atoms with Crippen LogP contribution in [-0.4, -0.2) is 41.4 Å². The van der Waals surface area contributed by atoms with Crippen molar-refractivity contribution in [3.05, 3.63) is 44.3 Å². The normalized spacial score (nSPS) is 13.5. The first-order chi connectivity index (χ1) is 11.7. The van der Waals surface area contributed by atoms with E-state index in [2.05, 4.69) is 16.8 Å². The van der Waals surface area contributed by atoms with E-state index in [9.17, 15) is 9.59 Å². The van der Waals surface area contributed by atoms with E-state index in [1.54, 1.807) is 27.6 Å². The number of thiophene rings is 2. The van der Waals surface area contributed by atoms with Crippen LogP contribution in [0.3, 0.4) is 0 Å². The molecule has 1 N–H and O–H groups in total. The number of hydrogen-bond donors (Lipinski definition) is 1. The van der Waals surface area contributed by atoms with E-state index in [4.69, 9.17) is 0 Å². The van der Waals surface area contributed by atoms with Gasteiger partial charge < -0.3 is 15.1 Å². The van der Waals surface area contributed by atoms with Crippen LogP contribution < -0.4 is 5.32 Å². The van der Waals surface area contributed by atoms with Gasteiger partial charge in [-0.15, -0.1) is 22.7 Å². The molecule has 0 bridgehead atoms. The molecule has 7 heteroatoms. The third-order valence-corrected chi connectivity index (χ3v) is 6.03. The van der Waals surface area contributed by atoms with Crippen molar-refractivity contribution >= 4 is 34.6 Å². The second kappa shape index (κ2) is 7.81. The van der Waals surface area contributed by atoms with Crippen molar-refractivity contribution in [3.8, 4) is 0 Å². The Morgan fingerprint density at radius 3 is 2.92 bits per heavy atom. The van der Waals surface area contributed by atoms with Crippen molar-refractivity contribution in [2.75, 3.05) is 19.6 Å². The zero-order valence-corrected chi connectivity index (χ0v) is 15.3. The Morgan fingerprint density at radius 2 is 2.17 bits per heavy atom. The van der Waals surface area contributed by atoms with Gasteiger partial charge in [-0.25, -0.2) is 4.79 Å². The van der Waals surface area contributed by atoms with Crippen molar-refractivity contribution < 1.29 is 9.59 Å². The summed E-state index contributed by atoms with van der Waals surface area (Å²) >= 11 is 3.38. The minimum Gasteiger partial charge on any atom is -0.336 e. The van der Waals surface area contributed by atoms with Gasteiger partial charge in [0.05, 0.1) is 13.1 Å². The summed E-state index contributed by atoms with van der Waals surface area (Å²) < 4.78 is 0. The molecule has 128 valence electrons. The highest BCUT2D eigenvalue weighted by molar-refractivity contribution is 7.10. The molecule has 0 atom stereocenters. The van der Waals surface area contributed by atoms with E-state index in [1.807, 2.05) is 29.3 Å². The van der Waals surface area contributed by atoms with Crippen LogP contribution in [0.15, 0.2) is 29.0 Å². The van der Waals surface area contributed by atoms with Gasteiger partial charge in [0, 0.05) is 29.4 Å². The molecule has 2 aromatic heterocycles. The lowest BCUT2D eigenvalue weighted by molar-refractivity contribution is -0.131. The number of fused-ring (bicyclic) bond motifs is 1. The number of urea groups is 1. The molecule has 0 aromatic carbocycles. The monoisotopic (exact) mass is 363 g/mol. The Labute approximate surface area is 149 Å². The predicted molar refractivity (Wildman–Crippen MR) is 97.2 cm³/mol. The first kappa shape index (κ1) is 17.0. The fraction of sp³-hybridized carbons (Fsp3) is 0.412. The first-order valence-electron chi connectivity index (χ1n) is 8.05. The molecule has 2 aromatic rings. The van der Waals surface area contributed by atoms with Crippen molar-refractivity contribution in [2.24, 2.45) is 0 Å². The fourth-order valence-corrected chi connectivity index (χ4v) is 4.36. The predicted octanol–water partition coefficient (Wildman–Crippen LogP) is 2.93. The van der Waals surface area contributed by atoms with E-state index >= 15 is 0 Å². The smallest absolute Gasteiger partial charge is 0.318 e. The minimum absolute atomic E-state index is 0.0209. The van der Waals surface area contributed by atoms with Crippen LogP contribution >= 0.6 is 22.7 Å². The Bertz CT molecular complexity index is 683. The second-order valence-electron chi connectivity index (χ2n) is 5.69. The molecule has 3 amide bonds. The van der Waals surface area contributed by atoms with E-state index in [0.717, 1.165) is 17.8 Å². The Hall–Kier alpha value is -1.86. The fourth-order valence-electron chi connectivity index (χ4n) is 2.75. The Morgan fingerprint density at radius 1 is 1.29 bits per heavy atom. The Balaban J connectivity index is 1.49. The molecule has 0 aliphatic carbocycles. The van der Waals surface area contributed by atoms with E-state index in [1.165, 1.54) is 10.4 Å².